The molecule has 0 aromatic carbocycles. The average molecular weight is 271 g/mol. The van der Waals surface area contributed by atoms with E-state index in [1.54, 1.807) is 0 Å². The van der Waals surface area contributed by atoms with Crippen LogP contribution in [0.25, 0.3) is 0 Å². The molecule has 2 aliphatic rings. The number of oxime groups is 1. The summed E-state index contributed by atoms with van der Waals surface area (Å²) in [6.45, 7) is 2.08. The first kappa shape index (κ1) is 13.5. The minimum absolute atomic E-state index is 0.0586. The third-order valence-electron chi connectivity index (χ3n) is 3.98. The number of carbonyl (C=O) groups is 1. The van der Waals surface area contributed by atoms with Gasteiger partial charge >= 0.3 is 0 Å². The zero-order chi connectivity index (χ0) is 13.2. The van der Waals surface area contributed by atoms with Crippen LogP contribution in [0.15, 0.2) is 5.16 Å². The molecule has 0 bridgehead atoms. The molecule has 6 heteroatoms. The number of carbonyl (C=O) groups excluding carboxylic acids is 1. The standard InChI is InChI=1S/C12H21N3O2S/c1-8-6-12(7-8,10(13)15-17)11(16)14-9-2-4-18-5-3-9/h8-9,17H,2-7H2,1H3,(H2,13,15)(H,14,16). The first-order valence-corrected chi connectivity index (χ1v) is 7.60. The molecule has 0 radical (unpaired) electrons. The van der Waals surface area contributed by atoms with Gasteiger partial charge in [-0.25, -0.2) is 0 Å². The van der Waals surface area contributed by atoms with Crippen LogP contribution < -0.4 is 11.1 Å². The lowest BCUT2D eigenvalue weighted by atomic mass is 9.61. The molecule has 2 fully saturated rings. The third-order valence-corrected chi connectivity index (χ3v) is 5.03. The number of hydrogen-bond acceptors (Lipinski definition) is 4. The van der Waals surface area contributed by atoms with Crippen molar-refractivity contribution in [2.45, 2.75) is 38.6 Å². The monoisotopic (exact) mass is 271 g/mol. The molecule has 1 saturated carbocycles. The minimum Gasteiger partial charge on any atom is -0.409 e. The van der Waals surface area contributed by atoms with E-state index in [1.165, 1.54) is 0 Å². The highest BCUT2D eigenvalue weighted by atomic mass is 32.2. The molecule has 1 heterocycles. The Hall–Kier alpha value is -0.910. The van der Waals surface area contributed by atoms with Gasteiger partial charge in [-0.15, -0.1) is 0 Å². The van der Waals surface area contributed by atoms with Crippen molar-refractivity contribution in [3.63, 3.8) is 0 Å². The summed E-state index contributed by atoms with van der Waals surface area (Å²) in [7, 11) is 0. The summed E-state index contributed by atoms with van der Waals surface area (Å²) in [5.41, 5.74) is 4.95. The van der Waals surface area contributed by atoms with Gasteiger partial charge in [0.05, 0.1) is 0 Å². The van der Waals surface area contributed by atoms with Gasteiger partial charge < -0.3 is 16.3 Å². The molecule has 0 aromatic rings. The molecule has 0 atom stereocenters. The van der Waals surface area contributed by atoms with Crippen molar-refractivity contribution in [2.75, 3.05) is 11.5 Å². The Morgan fingerprint density at radius 1 is 1.44 bits per heavy atom. The van der Waals surface area contributed by atoms with Crippen molar-refractivity contribution >= 4 is 23.5 Å². The summed E-state index contributed by atoms with van der Waals surface area (Å²) in [6, 6.07) is 0.248. The van der Waals surface area contributed by atoms with Gasteiger partial charge in [0.15, 0.2) is 5.84 Å². The van der Waals surface area contributed by atoms with Crippen LogP contribution in [0.5, 0.6) is 0 Å². The van der Waals surface area contributed by atoms with Crippen molar-refractivity contribution < 1.29 is 10.0 Å². The fraction of sp³-hybridized carbons (Fsp3) is 0.833. The lowest BCUT2D eigenvalue weighted by Gasteiger charge is -2.44. The van der Waals surface area contributed by atoms with Crippen LogP contribution in [0.3, 0.4) is 0 Å². The fourth-order valence-corrected chi connectivity index (χ4v) is 4.01. The predicted octanol–water partition coefficient (Wildman–Crippen LogP) is 1.16. The Morgan fingerprint density at radius 2 is 2.06 bits per heavy atom. The van der Waals surface area contributed by atoms with E-state index in [2.05, 4.69) is 17.4 Å². The normalized spacial score (nSPS) is 33.8. The van der Waals surface area contributed by atoms with Crippen molar-refractivity contribution in [1.82, 2.24) is 5.32 Å². The Morgan fingerprint density at radius 3 is 2.56 bits per heavy atom. The van der Waals surface area contributed by atoms with Gasteiger partial charge in [-0.05, 0) is 43.1 Å². The SMILES string of the molecule is CC1CC(C(=O)NC2CCSCC2)(C(N)=NO)C1. The molecule has 0 aromatic heterocycles. The lowest BCUT2D eigenvalue weighted by Crippen LogP contribution is -2.58. The molecule has 18 heavy (non-hydrogen) atoms. The highest BCUT2D eigenvalue weighted by Gasteiger charge is 2.52. The molecule has 1 aliphatic carbocycles. The quantitative estimate of drug-likeness (QED) is 0.311. The van der Waals surface area contributed by atoms with Gasteiger partial charge in [-0.3, -0.25) is 4.79 Å². The molecular weight excluding hydrogens is 250 g/mol. The van der Waals surface area contributed by atoms with Crippen LogP contribution in [0, 0.1) is 11.3 Å². The summed E-state index contributed by atoms with van der Waals surface area (Å²) in [4.78, 5) is 12.4. The summed E-state index contributed by atoms with van der Waals surface area (Å²) in [6.07, 6.45) is 3.38. The van der Waals surface area contributed by atoms with E-state index < -0.39 is 5.41 Å². The molecule has 1 aliphatic heterocycles. The largest absolute Gasteiger partial charge is 0.409 e. The molecule has 4 N–H and O–H groups in total. The molecule has 5 nitrogen and oxygen atoms in total. The maximum absolute atomic E-state index is 12.4. The Balaban J connectivity index is 2.00. The van der Waals surface area contributed by atoms with Crippen LogP contribution in [0.4, 0.5) is 0 Å². The van der Waals surface area contributed by atoms with Gasteiger partial charge in [0, 0.05) is 6.04 Å². The Labute approximate surface area is 112 Å². The zero-order valence-corrected chi connectivity index (χ0v) is 11.5. The average Bonchev–Trinajstić information content (AvgIpc) is 2.34. The van der Waals surface area contributed by atoms with Crippen molar-refractivity contribution in [3.05, 3.63) is 0 Å². The van der Waals surface area contributed by atoms with E-state index in [0.717, 1.165) is 24.3 Å². The van der Waals surface area contributed by atoms with E-state index in [9.17, 15) is 4.79 Å². The van der Waals surface area contributed by atoms with E-state index in [1.807, 2.05) is 11.8 Å². The third kappa shape index (κ3) is 2.43. The first-order chi connectivity index (χ1) is 8.58. The fourth-order valence-electron chi connectivity index (χ4n) is 2.90. The summed E-state index contributed by atoms with van der Waals surface area (Å²) >= 11 is 1.92. The maximum Gasteiger partial charge on any atom is 0.234 e. The molecule has 1 amide bonds. The highest BCUT2D eigenvalue weighted by molar-refractivity contribution is 7.99. The van der Waals surface area contributed by atoms with Crippen LogP contribution in [0.2, 0.25) is 0 Å². The van der Waals surface area contributed by atoms with Gasteiger partial charge in [0.25, 0.3) is 0 Å². The summed E-state index contributed by atoms with van der Waals surface area (Å²) in [5, 5.41) is 15.0. The Kier molecular flexibility index (Phi) is 4.04. The van der Waals surface area contributed by atoms with E-state index in [0.29, 0.717) is 18.8 Å². The van der Waals surface area contributed by atoms with E-state index >= 15 is 0 Å². The topological polar surface area (TPSA) is 87.7 Å². The molecule has 102 valence electrons. The van der Waals surface area contributed by atoms with Crippen LogP contribution in [0.1, 0.15) is 32.6 Å². The number of nitrogens with two attached hydrogens (primary N) is 1. The predicted molar refractivity (Wildman–Crippen MR) is 72.7 cm³/mol. The second-order valence-corrected chi connectivity index (χ2v) is 6.67. The van der Waals surface area contributed by atoms with Gasteiger partial charge in [-0.1, -0.05) is 12.1 Å². The van der Waals surface area contributed by atoms with Gasteiger partial charge in [0.1, 0.15) is 5.41 Å². The van der Waals surface area contributed by atoms with Crippen LogP contribution in [-0.2, 0) is 4.79 Å². The summed E-state index contributed by atoms with van der Waals surface area (Å²) in [5.74, 6) is 2.64. The highest BCUT2D eigenvalue weighted by Crippen LogP contribution is 2.46. The smallest absolute Gasteiger partial charge is 0.234 e. The van der Waals surface area contributed by atoms with Crippen molar-refractivity contribution in [2.24, 2.45) is 22.2 Å². The van der Waals surface area contributed by atoms with Gasteiger partial charge in [-0.2, -0.15) is 11.8 Å². The number of hydrogen-bond donors (Lipinski definition) is 3. The molecule has 0 unspecified atom stereocenters. The molecule has 1 saturated heterocycles. The number of amidine groups is 1. The van der Waals surface area contributed by atoms with Crippen LogP contribution >= 0.6 is 11.8 Å². The molecule has 2 rings (SSSR count). The summed E-state index contributed by atoms with van der Waals surface area (Å²) < 4.78 is 0. The van der Waals surface area contributed by atoms with Crippen molar-refractivity contribution in [1.29, 1.82) is 0 Å². The number of nitrogens with one attached hydrogen (secondary N) is 1. The Bertz CT molecular complexity index is 347. The van der Waals surface area contributed by atoms with Crippen LogP contribution in [-0.4, -0.2) is 34.5 Å². The number of rotatable bonds is 3. The zero-order valence-electron chi connectivity index (χ0n) is 10.7. The number of nitrogens with zero attached hydrogens (tertiary/aromatic N) is 1. The second kappa shape index (κ2) is 5.38. The minimum atomic E-state index is -0.765. The number of amides is 1. The number of thioether (sulfide) groups is 1. The first-order valence-electron chi connectivity index (χ1n) is 6.45. The van der Waals surface area contributed by atoms with Crippen molar-refractivity contribution in [3.8, 4) is 0 Å². The maximum atomic E-state index is 12.4. The van der Waals surface area contributed by atoms with Gasteiger partial charge in [0.2, 0.25) is 5.91 Å². The molecule has 0 spiro atoms. The van der Waals surface area contributed by atoms with E-state index in [4.69, 9.17) is 10.9 Å². The lowest BCUT2D eigenvalue weighted by molar-refractivity contribution is -0.134. The molecular formula is C12H21N3O2S. The van der Waals surface area contributed by atoms with E-state index in [-0.39, 0.29) is 17.8 Å². The second-order valence-electron chi connectivity index (χ2n) is 5.44.